The van der Waals surface area contributed by atoms with E-state index in [0.717, 1.165) is 17.7 Å². The number of carboxylic acid groups (broad SMARTS) is 1. The van der Waals surface area contributed by atoms with Crippen molar-refractivity contribution in [2.24, 2.45) is 5.41 Å². The predicted molar refractivity (Wildman–Crippen MR) is 101 cm³/mol. The maximum atomic E-state index is 12.3. The highest BCUT2D eigenvalue weighted by atomic mass is 32.1. The van der Waals surface area contributed by atoms with E-state index >= 15 is 0 Å². The van der Waals surface area contributed by atoms with Crippen LogP contribution in [0.25, 0.3) is 21.3 Å². The van der Waals surface area contributed by atoms with Crippen LogP contribution in [-0.2, 0) is 6.42 Å². The highest BCUT2D eigenvalue weighted by molar-refractivity contribution is 7.17. The van der Waals surface area contributed by atoms with Gasteiger partial charge in [0, 0.05) is 28.6 Å². The molecule has 1 N–H and O–H groups in total. The first-order valence-corrected chi connectivity index (χ1v) is 9.14. The van der Waals surface area contributed by atoms with Crippen molar-refractivity contribution in [2.75, 3.05) is 0 Å². The minimum Gasteiger partial charge on any atom is -0.477 e. The summed E-state index contributed by atoms with van der Waals surface area (Å²) in [7, 11) is 0. The van der Waals surface area contributed by atoms with Crippen molar-refractivity contribution in [1.82, 2.24) is 4.57 Å². The van der Waals surface area contributed by atoms with Crippen LogP contribution in [0.5, 0.6) is 0 Å². The van der Waals surface area contributed by atoms with Crippen molar-refractivity contribution in [3.05, 3.63) is 57.2 Å². The molecular formula is C20H19NO3S. The summed E-state index contributed by atoms with van der Waals surface area (Å²) in [6.07, 6.45) is 2.35. The summed E-state index contributed by atoms with van der Waals surface area (Å²) in [5.74, 6) is -1.17. The molecule has 0 bridgehead atoms. The molecule has 0 radical (unpaired) electrons. The van der Waals surface area contributed by atoms with Crippen molar-refractivity contribution < 1.29 is 9.90 Å². The fourth-order valence-electron chi connectivity index (χ4n) is 3.73. The lowest BCUT2D eigenvalue weighted by molar-refractivity contribution is 0.0693. The van der Waals surface area contributed by atoms with Crippen molar-refractivity contribution in [3.63, 3.8) is 0 Å². The molecule has 0 fully saturated rings. The number of thiophene rings is 1. The lowest BCUT2D eigenvalue weighted by atomic mass is 9.78. The van der Waals surface area contributed by atoms with Crippen molar-refractivity contribution in [3.8, 4) is 11.3 Å². The average Bonchev–Trinajstić information content (AvgIpc) is 3.01. The van der Waals surface area contributed by atoms with Gasteiger partial charge in [-0.2, -0.15) is 0 Å². The highest BCUT2D eigenvalue weighted by Crippen LogP contribution is 2.45. The van der Waals surface area contributed by atoms with Gasteiger partial charge in [-0.15, -0.1) is 11.3 Å². The van der Waals surface area contributed by atoms with Gasteiger partial charge in [-0.1, -0.05) is 32.9 Å². The molecule has 4 rings (SSSR count). The molecule has 0 saturated heterocycles. The fraction of sp³-hybridized carbons (Fsp3) is 0.300. The summed E-state index contributed by atoms with van der Waals surface area (Å²) < 4.78 is 3.25. The number of hydrogen-bond donors (Lipinski definition) is 1. The number of benzene rings is 1. The molecule has 128 valence electrons. The smallest absolute Gasteiger partial charge is 0.341 e. The second-order valence-corrected chi connectivity index (χ2v) is 8.58. The van der Waals surface area contributed by atoms with Crippen LogP contribution < -0.4 is 5.43 Å². The quantitative estimate of drug-likeness (QED) is 0.697. The normalized spacial score (nSPS) is 16.5. The third kappa shape index (κ3) is 2.42. The summed E-state index contributed by atoms with van der Waals surface area (Å²) in [5, 5.41) is 12.7. The van der Waals surface area contributed by atoms with Crippen LogP contribution in [0.1, 0.15) is 42.7 Å². The zero-order chi connectivity index (χ0) is 17.9. The van der Waals surface area contributed by atoms with E-state index in [9.17, 15) is 14.7 Å². The van der Waals surface area contributed by atoms with Gasteiger partial charge < -0.3 is 9.67 Å². The second kappa shape index (κ2) is 5.30. The number of hydrogen-bond acceptors (Lipinski definition) is 3. The Balaban J connectivity index is 2.08. The lowest BCUT2D eigenvalue weighted by Gasteiger charge is -2.39. The molecule has 0 spiro atoms. The van der Waals surface area contributed by atoms with Gasteiger partial charge in [0.05, 0.1) is 5.69 Å². The van der Waals surface area contributed by atoms with Crippen LogP contribution in [0.3, 0.4) is 0 Å². The topological polar surface area (TPSA) is 59.3 Å². The molecule has 0 amide bonds. The summed E-state index contributed by atoms with van der Waals surface area (Å²) in [6.45, 7) is 6.46. The third-order valence-electron chi connectivity index (χ3n) is 5.04. The molecule has 3 aromatic rings. The fourth-order valence-corrected chi connectivity index (χ4v) is 4.69. The molecule has 1 atom stereocenters. The summed E-state index contributed by atoms with van der Waals surface area (Å²) in [4.78, 5) is 23.8. The summed E-state index contributed by atoms with van der Waals surface area (Å²) in [5.41, 5.74) is 2.42. The monoisotopic (exact) mass is 353 g/mol. The lowest BCUT2D eigenvalue weighted by Crippen LogP contribution is -2.32. The van der Waals surface area contributed by atoms with E-state index in [1.165, 1.54) is 27.9 Å². The number of pyridine rings is 1. The number of aromatic nitrogens is 1. The van der Waals surface area contributed by atoms with Crippen LogP contribution in [0, 0.1) is 5.41 Å². The number of carbonyl (C=O) groups is 1. The third-order valence-corrected chi connectivity index (χ3v) is 6.03. The Morgan fingerprint density at radius 3 is 2.72 bits per heavy atom. The molecule has 5 heteroatoms. The molecule has 1 aromatic carbocycles. The van der Waals surface area contributed by atoms with E-state index in [0.29, 0.717) is 0 Å². The first-order chi connectivity index (χ1) is 11.8. The van der Waals surface area contributed by atoms with Crippen molar-refractivity contribution >= 4 is 27.4 Å². The van der Waals surface area contributed by atoms with Crippen LogP contribution in [0.2, 0.25) is 0 Å². The SMILES string of the molecule is CC(C)(C)[C@@H]1Cc2c(ccc3ccsc23)-c2cc(=O)c(C(=O)O)cn21. The number of fused-ring (bicyclic) bond motifs is 5. The van der Waals surface area contributed by atoms with Crippen LogP contribution in [0.15, 0.2) is 40.6 Å². The van der Waals surface area contributed by atoms with E-state index < -0.39 is 11.4 Å². The van der Waals surface area contributed by atoms with E-state index in [4.69, 9.17) is 0 Å². The Morgan fingerprint density at radius 2 is 2.04 bits per heavy atom. The molecule has 1 aliphatic heterocycles. The molecular weight excluding hydrogens is 334 g/mol. The molecule has 0 saturated carbocycles. The number of carboxylic acids is 1. The van der Waals surface area contributed by atoms with Crippen LogP contribution in [0.4, 0.5) is 0 Å². The van der Waals surface area contributed by atoms with Crippen LogP contribution in [-0.4, -0.2) is 15.6 Å². The zero-order valence-electron chi connectivity index (χ0n) is 14.4. The van der Waals surface area contributed by atoms with Gasteiger partial charge in [0.15, 0.2) is 5.43 Å². The van der Waals surface area contributed by atoms with Gasteiger partial charge in [-0.3, -0.25) is 4.79 Å². The standard InChI is InChI=1S/C20H19NO3S/c1-20(2,3)17-8-13-12(5-4-11-6-7-25-18(11)13)15-9-16(22)14(19(23)24)10-21(15)17/h4-7,9-10,17H,8H2,1-3H3,(H,23,24)/t17-/m0/s1. The first kappa shape index (κ1) is 16.1. The molecule has 0 unspecified atom stereocenters. The molecule has 25 heavy (non-hydrogen) atoms. The van der Waals surface area contributed by atoms with Gasteiger partial charge >= 0.3 is 5.97 Å². The van der Waals surface area contributed by atoms with E-state index in [-0.39, 0.29) is 17.0 Å². The number of nitrogens with zero attached hydrogens (tertiary/aromatic N) is 1. The van der Waals surface area contributed by atoms with Gasteiger partial charge in [-0.25, -0.2) is 4.79 Å². The minimum absolute atomic E-state index is 0.0727. The number of rotatable bonds is 1. The van der Waals surface area contributed by atoms with Gasteiger partial charge in [0.2, 0.25) is 0 Å². The van der Waals surface area contributed by atoms with Gasteiger partial charge in [0.25, 0.3) is 0 Å². The molecule has 1 aliphatic rings. The van der Waals surface area contributed by atoms with Crippen molar-refractivity contribution in [1.29, 1.82) is 0 Å². The zero-order valence-corrected chi connectivity index (χ0v) is 15.2. The van der Waals surface area contributed by atoms with E-state index in [1.54, 1.807) is 11.3 Å². The Hall–Kier alpha value is -2.40. The minimum atomic E-state index is -1.17. The maximum absolute atomic E-state index is 12.3. The number of aromatic carboxylic acids is 1. The van der Waals surface area contributed by atoms with Gasteiger partial charge in [-0.05, 0) is 34.2 Å². The Kier molecular flexibility index (Phi) is 3.41. The summed E-state index contributed by atoms with van der Waals surface area (Å²) >= 11 is 1.72. The van der Waals surface area contributed by atoms with Crippen molar-refractivity contribution in [2.45, 2.75) is 33.2 Å². The molecule has 3 heterocycles. The summed E-state index contributed by atoms with van der Waals surface area (Å²) in [6, 6.07) is 7.81. The van der Waals surface area contributed by atoms with Crippen LogP contribution >= 0.6 is 11.3 Å². The van der Waals surface area contributed by atoms with E-state index in [1.807, 2.05) is 4.57 Å². The Bertz CT molecular complexity index is 1070. The first-order valence-electron chi connectivity index (χ1n) is 8.26. The molecule has 0 aliphatic carbocycles. The molecule has 2 aromatic heterocycles. The highest BCUT2D eigenvalue weighted by Gasteiger charge is 2.34. The predicted octanol–water partition coefficient (Wildman–Crippen LogP) is 4.57. The second-order valence-electron chi connectivity index (χ2n) is 7.67. The van der Waals surface area contributed by atoms with E-state index in [2.05, 4.69) is 44.4 Å². The Morgan fingerprint density at radius 1 is 1.28 bits per heavy atom. The largest absolute Gasteiger partial charge is 0.477 e. The Labute approximate surface area is 149 Å². The average molecular weight is 353 g/mol. The maximum Gasteiger partial charge on any atom is 0.341 e. The molecule has 4 nitrogen and oxygen atoms in total. The van der Waals surface area contributed by atoms with Gasteiger partial charge in [0.1, 0.15) is 5.56 Å².